The molecule has 0 unspecified atom stereocenters. The van der Waals surface area contributed by atoms with Crippen molar-refractivity contribution in [2.75, 3.05) is 78.6 Å². The molecule has 516 valence electrons. The summed E-state index contributed by atoms with van der Waals surface area (Å²) in [6.45, 7) is 10.9. The van der Waals surface area contributed by atoms with Crippen molar-refractivity contribution in [2.24, 2.45) is 5.92 Å². The fourth-order valence-electron chi connectivity index (χ4n) is 11.2. The van der Waals surface area contributed by atoms with Gasteiger partial charge in [-0.05, 0) is 103 Å². The van der Waals surface area contributed by atoms with Gasteiger partial charge in [0, 0.05) is 65.6 Å². The lowest BCUT2D eigenvalue weighted by Crippen LogP contribution is -2.57. The summed E-state index contributed by atoms with van der Waals surface area (Å²) in [5, 5.41) is 20.7. The quantitative estimate of drug-likeness (QED) is 0.0153. The number of methoxy groups -OCH3 is 1. The number of carboxylic acid groups (broad SMARTS) is 1. The Kier molecular flexibility index (Phi) is 23.5. The highest BCUT2D eigenvalue weighted by molar-refractivity contribution is 7.85. The first kappa shape index (κ1) is 71.4. The first-order valence-electron chi connectivity index (χ1n) is 31.5. The van der Waals surface area contributed by atoms with Gasteiger partial charge in [-0.1, -0.05) is 74.0 Å². The van der Waals surface area contributed by atoms with Crippen molar-refractivity contribution in [2.45, 2.75) is 76.8 Å². The Morgan fingerprint density at radius 1 is 0.816 bits per heavy atom. The molecule has 5 aromatic carbocycles. The molecule has 1 saturated heterocycles. The third-order valence-corrected chi connectivity index (χ3v) is 19.1. The Balaban J connectivity index is 0.761. The molecule has 3 aromatic heterocycles. The van der Waals surface area contributed by atoms with E-state index in [9.17, 15) is 41.6 Å². The number of carbonyl (C=O) groups is 4. The fourth-order valence-corrected chi connectivity index (χ4v) is 13.3. The number of thiophene rings is 1. The molecule has 1 fully saturated rings. The Hall–Kier alpha value is -9.39. The van der Waals surface area contributed by atoms with Crippen LogP contribution in [-0.4, -0.2) is 168 Å². The lowest BCUT2D eigenvalue weighted by Gasteiger charge is -2.42. The van der Waals surface area contributed by atoms with Gasteiger partial charge in [0.15, 0.2) is 18.3 Å². The van der Waals surface area contributed by atoms with Gasteiger partial charge in [0.1, 0.15) is 71.0 Å². The average molecular weight is 1400 g/mol. The molecule has 5 heterocycles. The molecule has 29 heteroatoms. The van der Waals surface area contributed by atoms with Gasteiger partial charge < -0.3 is 58.9 Å². The Morgan fingerprint density at radius 3 is 2.28 bits per heavy atom. The van der Waals surface area contributed by atoms with Crippen LogP contribution in [0.3, 0.4) is 0 Å². The molecule has 2 aliphatic heterocycles. The zero-order valence-corrected chi connectivity index (χ0v) is 57.0. The second kappa shape index (κ2) is 32.3. The smallest absolute Gasteiger partial charge is 0.345 e. The number of para-hydroxylation sites is 2. The van der Waals surface area contributed by atoms with E-state index in [2.05, 4.69) is 35.8 Å². The number of hydroxylamine groups is 2. The number of amides is 3. The fraction of sp³-hybridized carbons (Fsp3) is 0.333. The second-order valence-electron chi connectivity index (χ2n) is 24.0. The minimum absolute atomic E-state index is 0.00158. The summed E-state index contributed by atoms with van der Waals surface area (Å²) in [4.78, 5) is 84.1. The van der Waals surface area contributed by atoms with Gasteiger partial charge in [0.25, 0.3) is 10.1 Å². The predicted molar refractivity (Wildman–Crippen MR) is 363 cm³/mol. The number of aromatic nitrogens is 4. The molecule has 8 aromatic rings. The molecule has 10 rings (SSSR count). The highest BCUT2D eigenvalue weighted by Crippen LogP contribution is 2.50. The van der Waals surface area contributed by atoms with Crippen LogP contribution in [0.15, 0.2) is 139 Å². The van der Waals surface area contributed by atoms with Crippen LogP contribution in [0.1, 0.15) is 49.6 Å². The van der Waals surface area contributed by atoms with Crippen molar-refractivity contribution in [3.05, 3.63) is 167 Å². The molecule has 0 radical (unpaired) electrons. The van der Waals surface area contributed by atoms with Crippen LogP contribution < -0.4 is 34.9 Å². The molecule has 98 heavy (non-hydrogen) atoms. The summed E-state index contributed by atoms with van der Waals surface area (Å²) in [6.07, 6.45) is 4.06. The third-order valence-electron chi connectivity index (χ3n) is 16.6. The SMILES string of the molecule is COc1ccccc1-c1nccc(COc2ccccc2C[C@@H](Oc2ncnc3sc(-c4ccc(F)cc4)c(-c4ccc(OCCN5CC[N+](C)(Cc6ccc(NC(=O)[C@H](C)NC(=O)[C@@H](NC(=O)CCOCCN7OC=CO7)C(C)C)cc6S(=O)(=O)O)CC5)c(Cl)c4C)c23)C(=O)O)n1. The zero-order chi connectivity index (χ0) is 69.7. The number of likely N-dealkylation sites (N-methyl/N-ethyl adjacent to an activating group) is 1. The van der Waals surface area contributed by atoms with Crippen LogP contribution in [0, 0.1) is 18.7 Å². The van der Waals surface area contributed by atoms with Crippen molar-refractivity contribution < 1.29 is 79.5 Å². The Morgan fingerprint density at radius 2 is 1.55 bits per heavy atom. The largest absolute Gasteiger partial charge is 0.496 e. The summed E-state index contributed by atoms with van der Waals surface area (Å²) in [5.41, 5.74) is 4.77. The first-order valence-corrected chi connectivity index (χ1v) is 34.1. The number of hydrogen-bond acceptors (Lipinski definition) is 20. The summed E-state index contributed by atoms with van der Waals surface area (Å²) in [5.74, 6) is -1.83. The number of benzene rings is 5. The third kappa shape index (κ3) is 18.0. The van der Waals surface area contributed by atoms with E-state index in [4.69, 9.17) is 49.9 Å². The molecule has 0 bridgehead atoms. The van der Waals surface area contributed by atoms with E-state index in [0.29, 0.717) is 132 Å². The molecule has 25 nitrogen and oxygen atoms in total. The number of carbonyl (C=O) groups excluding carboxylic acids is 3. The first-order chi connectivity index (χ1) is 47.0. The molecule has 2 aliphatic rings. The van der Waals surface area contributed by atoms with Crippen LogP contribution in [0.2, 0.25) is 5.02 Å². The van der Waals surface area contributed by atoms with E-state index in [0.717, 1.165) is 0 Å². The average Bonchev–Trinajstić information content (AvgIpc) is 1.56. The summed E-state index contributed by atoms with van der Waals surface area (Å²) in [7, 11) is -1.20. The van der Waals surface area contributed by atoms with Gasteiger partial charge in [-0.15, -0.1) is 11.3 Å². The van der Waals surface area contributed by atoms with Crippen molar-refractivity contribution in [1.82, 2.24) is 40.7 Å². The van der Waals surface area contributed by atoms with Gasteiger partial charge in [-0.2, -0.15) is 8.42 Å². The number of fused-ring (bicyclic) bond motifs is 1. The number of rotatable bonds is 31. The number of nitrogens with one attached hydrogen (secondary N) is 3. The van der Waals surface area contributed by atoms with Crippen LogP contribution in [0.25, 0.3) is 43.2 Å². The van der Waals surface area contributed by atoms with Crippen LogP contribution in [0.4, 0.5) is 10.1 Å². The Bertz CT molecular complexity index is 4320. The maximum absolute atomic E-state index is 14.5. The van der Waals surface area contributed by atoms with Gasteiger partial charge in [0.05, 0.1) is 68.7 Å². The van der Waals surface area contributed by atoms with Gasteiger partial charge >= 0.3 is 5.97 Å². The lowest BCUT2D eigenvalue weighted by molar-refractivity contribution is -0.926. The standard InChI is InChI=1S/C69H74ClFN10O15S2/c1-42(2)62(78-58(82)24-32-91-33-29-80-94-35-36-95-80)66(84)75-44(4)65(83)77-49-20-17-47(57(38-49)98(87,88)89)39-81(5)30-26-79(27-31-81)28-34-92-55-22-21-51(43(3)61(55)70)59-60-67(73-41-74-68(60)97-63(59)45-15-18-48(71)19-16-45)96-56(69(85)86)37-46-11-7-9-13-53(46)93-40-50-23-25-72-64(76-50)52-12-8-10-14-54(52)90-6/h7-23,25,35-36,38,41-42,44,56,62H,24,26-34,37,39-40H2,1-6H3,(H4-,75,77,78,82,83,84,85,86,87,88,89)/p+1/t44-,56+,62-/m0/s1. The van der Waals surface area contributed by atoms with Crippen LogP contribution in [0.5, 0.6) is 23.1 Å². The molecule has 5 N–H and O–H groups in total. The van der Waals surface area contributed by atoms with Gasteiger partial charge in [0.2, 0.25) is 29.7 Å². The molecule has 3 atom stereocenters. The van der Waals surface area contributed by atoms with E-state index in [1.54, 1.807) is 81.8 Å². The zero-order valence-electron chi connectivity index (χ0n) is 54.6. The molecule has 0 spiro atoms. The maximum atomic E-state index is 14.5. The lowest BCUT2D eigenvalue weighted by atomic mass is 9.96. The van der Waals surface area contributed by atoms with Gasteiger partial charge in [-0.25, -0.2) is 29.1 Å². The maximum Gasteiger partial charge on any atom is 0.345 e. The number of aliphatic carboxylic acids is 1. The number of nitrogens with zero attached hydrogens (tertiary/aromatic N) is 7. The topological polar surface area (TPSA) is 302 Å². The number of ether oxygens (including phenoxy) is 5. The van der Waals surface area contributed by atoms with E-state index in [1.807, 2.05) is 44.3 Å². The molecular weight excluding hydrogens is 1330 g/mol. The number of halogens is 2. The normalized spacial score (nSPS) is 14.8. The monoisotopic (exact) mass is 1400 g/mol. The van der Waals surface area contributed by atoms with Gasteiger partial charge in [-0.3, -0.25) is 23.8 Å². The second-order valence-corrected chi connectivity index (χ2v) is 26.7. The van der Waals surface area contributed by atoms with E-state index < -0.39 is 57.8 Å². The number of hydrogen-bond donors (Lipinski definition) is 5. The van der Waals surface area contributed by atoms with Crippen LogP contribution in [-0.2, 0) is 63.3 Å². The predicted octanol–water partition coefficient (Wildman–Crippen LogP) is 9.47. The van der Waals surface area contributed by atoms with E-state index in [1.165, 1.54) is 66.6 Å². The minimum atomic E-state index is -4.77. The highest BCUT2D eigenvalue weighted by atomic mass is 35.5. The molecule has 0 aliphatic carbocycles. The van der Waals surface area contributed by atoms with Crippen molar-refractivity contribution >= 4 is 72.7 Å². The van der Waals surface area contributed by atoms with Crippen LogP contribution >= 0.6 is 22.9 Å². The summed E-state index contributed by atoms with van der Waals surface area (Å²) in [6, 6.07) is 28.0. The highest BCUT2D eigenvalue weighted by Gasteiger charge is 2.34. The minimum Gasteiger partial charge on any atom is -0.496 e. The van der Waals surface area contributed by atoms with E-state index in [-0.39, 0.29) is 68.2 Å². The number of quaternary nitrogens is 1. The molecule has 3 amide bonds. The summed E-state index contributed by atoms with van der Waals surface area (Å²) < 4.78 is 81.2. The molecular formula is C69H75ClFN10O15S2+. The summed E-state index contributed by atoms with van der Waals surface area (Å²) >= 11 is 8.51. The number of carboxylic acids is 1. The van der Waals surface area contributed by atoms with Crippen molar-refractivity contribution in [3.63, 3.8) is 0 Å². The Labute approximate surface area is 574 Å². The number of anilines is 1. The molecule has 0 saturated carbocycles. The van der Waals surface area contributed by atoms with E-state index >= 15 is 0 Å². The number of piperazine rings is 1. The van der Waals surface area contributed by atoms with Crippen molar-refractivity contribution in [1.29, 1.82) is 0 Å². The van der Waals surface area contributed by atoms with Crippen molar-refractivity contribution in [3.8, 4) is 56.1 Å².